The second-order valence-electron chi connectivity index (χ2n) is 9.08. The van der Waals surface area contributed by atoms with Crippen LogP contribution in [-0.2, 0) is 30.6 Å². The lowest BCUT2D eigenvalue weighted by Gasteiger charge is -2.19. The lowest BCUT2D eigenvalue weighted by atomic mass is 9.87. The van der Waals surface area contributed by atoms with Crippen molar-refractivity contribution in [2.45, 2.75) is 75.7 Å². The van der Waals surface area contributed by atoms with Gasteiger partial charge in [-0.2, -0.15) is 0 Å². The third-order valence-electron chi connectivity index (χ3n) is 5.79. The first-order valence-corrected chi connectivity index (χ1v) is 12.6. The van der Waals surface area contributed by atoms with E-state index < -0.39 is 0 Å². The molecule has 0 N–H and O–H groups in total. The highest BCUT2D eigenvalue weighted by molar-refractivity contribution is 7.98. The van der Waals surface area contributed by atoms with Gasteiger partial charge >= 0.3 is 0 Å². The predicted molar refractivity (Wildman–Crippen MR) is 130 cm³/mol. The molecule has 0 spiro atoms. The SMILES string of the molecule is C=CCn1c(SCc2ccc(C(C)(C)C)cc2)nc2sc3c(c2c1=O)CCCCC3. The predicted octanol–water partition coefficient (Wildman–Crippen LogP) is 6.50. The molecule has 2 heterocycles. The molecule has 0 radical (unpaired) electrons. The molecule has 158 valence electrons. The first kappa shape index (κ1) is 21.4. The minimum Gasteiger partial charge on any atom is -0.283 e. The molecule has 1 aliphatic rings. The molecule has 1 aromatic carbocycles. The second kappa shape index (κ2) is 8.72. The standard InChI is InChI=1S/C25H30N2OS2/c1-5-15-27-23(28)21-19-9-7-6-8-10-20(19)30-22(21)26-24(27)29-16-17-11-13-18(14-12-17)25(2,3)4/h5,11-14H,1,6-10,15-16H2,2-4H3. The minimum absolute atomic E-state index is 0.102. The molecule has 5 heteroatoms. The zero-order valence-electron chi connectivity index (χ0n) is 18.2. The monoisotopic (exact) mass is 438 g/mol. The van der Waals surface area contributed by atoms with E-state index in [4.69, 9.17) is 4.98 Å². The summed E-state index contributed by atoms with van der Waals surface area (Å²) in [5.41, 5.74) is 4.09. The fraction of sp³-hybridized carbons (Fsp3) is 0.440. The molecule has 0 aliphatic heterocycles. The highest BCUT2D eigenvalue weighted by Gasteiger charge is 2.21. The van der Waals surface area contributed by atoms with E-state index in [2.05, 4.69) is 51.6 Å². The van der Waals surface area contributed by atoms with Crippen LogP contribution in [0.3, 0.4) is 0 Å². The summed E-state index contributed by atoms with van der Waals surface area (Å²) < 4.78 is 1.81. The van der Waals surface area contributed by atoms with Crippen molar-refractivity contribution in [3.8, 4) is 0 Å². The lowest BCUT2D eigenvalue weighted by molar-refractivity contribution is 0.590. The number of fused-ring (bicyclic) bond motifs is 3. The van der Waals surface area contributed by atoms with Crippen LogP contribution in [0.15, 0.2) is 46.9 Å². The van der Waals surface area contributed by atoms with Crippen molar-refractivity contribution in [1.29, 1.82) is 0 Å². The summed E-state index contributed by atoms with van der Waals surface area (Å²) >= 11 is 3.37. The maximum Gasteiger partial charge on any atom is 0.263 e. The average molecular weight is 439 g/mol. The molecule has 0 bridgehead atoms. The number of rotatable bonds is 5. The molecule has 1 aliphatic carbocycles. The Labute approximate surface area is 187 Å². The molecule has 0 amide bonds. The highest BCUT2D eigenvalue weighted by atomic mass is 32.2. The number of thioether (sulfide) groups is 1. The molecule has 0 atom stereocenters. The van der Waals surface area contributed by atoms with E-state index in [1.165, 1.54) is 40.8 Å². The Morgan fingerprint density at radius 3 is 2.60 bits per heavy atom. The Balaban J connectivity index is 1.67. The van der Waals surface area contributed by atoms with Crippen molar-refractivity contribution in [2.24, 2.45) is 0 Å². The quantitative estimate of drug-likeness (QED) is 0.197. The number of hydrogen-bond acceptors (Lipinski definition) is 4. The van der Waals surface area contributed by atoms with Crippen LogP contribution < -0.4 is 5.56 Å². The van der Waals surface area contributed by atoms with Crippen LogP contribution in [-0.4, -0.2) is 9.55 Å². The fourth-order valence-corrected chi connectivity index (χ4v) is 6.31. The van der Waals surface area contributed by atoms with E-state index in [1.54, 1.807) is 33.7 Å². The van der Waals surface area contributed by atoms with Crippen molar-refractivity contribution >= 4 is 33.3 Å². The number of aromatic nitrogens is 2. The van der Waals surface area contributed by atoms with Crippen LogP contribution in [0, 0.1) is 0 Å². The van der Waals surface area contributed by atoms with Gasteiger partial charge in [-0.05, 0) is 47.8 Å². The van der Waals surface area contributed by atoms with E-state index in [0.29, 0.717) is 6.54 Å². The normalized spacial score (nSPS) is 14.5. The largest absolute Gasteiger partial charge is 0.283 e. The molecule has 0 fully saturated rings. The fourth-order valence-electron chi connectivity index (χ4n) is 4.05. The lowest BCUT2D eigenvalue weighted by Crippen LogP contribution is -2.23. The Hall–Kier alpha value is -1.85. The van der Waals surface area contributed by atoms with Crippen LogP contribution in [0.2, 0.25) is 0 Å². The molecule has 3 nitrogen and oxygen atoms in total. The van der Waals surface area contributed by atoms with Gasteiger partial charge in [-0.3, -0.25) is 9.36 Å². The summed E-state index contributed by atoms with van der Waals surface area (Å²) in [6.45, 7) is 11.0. The topological polar surface area (TPSA) is 34.9 Å². The summed E-state index contributed by atoms with van der Waals surface area (Å²) in [5.74, 6) is 0.796. The van der Waals surface area contributed by atoms with E-state index in [1.807, 2.05) is 0 Å². The van der Waals surface area contributed by atoms with Crippen LogP contribution in [0.5, 0.6) is 0 Å². The maximum atomic E-state index is 13.4. The number of aryl methyl sites for hydroxylation is 2. The van der Waals surface area contributed by atoms with Crippen LogP contribution >= 0.6 is 23.1 Å². The highest BCUT2D eigenvalue weighted by Crippen LogP contribution is 2.34. The Bertz CT molecular complexity index is 1120. The number of thiophene rings is 1. The van der Waals surface area contributed by atoms with E-state index in [9.17, 15) is 4.79 Å². The Kier molecular flexibility index (Phi) is 6.21. The zero-order valence-corrected chi connectivity index (χ0v) is 19.8. The molecule has 0 saturated carbocycles. The molecule has 30 heavy (non-hydrogen) atoms. The van der Waals surface area contributed by atoms with E-state index in [-0.39, 0.29) is 11.0 Å². The van der Waals surface area contributed by atoms with Gasteiger partial charge in [-0.15, -0.1) is 17.9 Å². The van der Waals surface area contributed by atoms with Crippen molar-refractivity contribution in [3.05, 3.63) is 68.8 Å². The molecule has 0 saturated heterocycles. The van der Waals surface area contributed by atoms with E-state index >= 15 is 0 Å². The summed E-state index contributed by atoms with van der Waals surface area (Å²) in [5, 5.41) is 1.65. The number of nitrogens with zero attached hydrogens (tertiary/aromatic N) is 2. The molecule has 0 unspecified atom stereocenters. The number of benzene rings is 1. The van der Waals surface area contributed by atoms with Crippen molar-refractivity contribution < 1.29 is 0 Å². The first-order valence-electron chi connectivity index (χ1n) is 10.8. The molecule has 4 rings (SSSR count). The number of hydrogen-bond donors (Lipinski definition) is 0. The Morgan fingerprint density at radius 1 is 1.17 bits per heavy atom. The Morgan fingerprint density at radius 2 is 1.90 bits per heavy atom. The summed E-state index contributed by atoms with van der Waals surface area (Å²) in [6.07, 6.45) is 7.52. The molecular formula is C25H30N2OS2. The maximum absolute atomic E-state index is 13.4. The minimum atomic E-state index is 0.102. The van der Waals surface area contributed by atoms with Gasteiger partial charge in [0.25, 0.3) is 5.56 Å². The van der Waals surface area contributed by atoms with Gasteiger partial charge in [0.05, 0.1) is 5.39 Å². The van der Waals surface area contributed by atoms with Gasteiger partial charge in [-0.1, -0.05) is 69.3 Å². The average Bonchev–Trinajstić information content (AvgIpc) is 2.89. The van der Waals surface area contributed by atoms with E-state index in [0.717, 1.165) is 34.0 Å². The smallest absolute Gasteiger partial charge is 0.263 e. The molecule has 3 aromatic rings. The van der Waals surface area contributed by atoms with Crippen LogP contribution in [0.1, 0.15) is 61.6 Å². The molecule has 2 aromatic heterocycles. The summed E-state index contributed by atoms with van der Waals surface area (Å²) in [7, 11) is 0. The molecular weight excluding hydrogens is 408 g/mol. The summed E-state index contributed by atoms with van der Waals surface area (Å²) in [4.78, 5) is 20.7. The second-order valence-corrected chi connectivity index (χ2v) is 11.1. The van der Waals surface area contributed by atoms with Crippen molar-refractivity contribution in [3.63, 3.8) is 0 Å². The first-order chi connectivity index (χ1) is 14.4. The number of allylic oxidation sites excluding steroid dienone is 1. The van der Waals surface area contributed by atoms with Gasteiger partial charge < -0.3 is 0 Å². The zero-order chi connectivity index (χ0) is 21.3. The van der Waals surface area contributed by atoms with Crippen LogP contribution in [0.25, 0.3) is 10.2 Å². The van der Waals surface area contributed by atoms with Gasteiger partial charge in [0.2, 0.25) is 0 Å². The van der Waals surface area contributed by atoms with Crippen LogP contribution in [0.4, 0.5) is 0 Å². The van der Waals surface area contributed by atoms with Gasteiger partial charge in [0.15, 0.2) is 5.16 Å². The van der Waals surface area contributed by atoms with Gasteiger partial charge in [0.1, 0.15) is 4.83 Å². The third-order valence-corrected chi connectivity index (χ3v) is 8.02. The van der Waals surface area contributed by atoms with Crippen molar-refractivity contribution in [2.75, 3.05) is 0 Å². The van der Waals surface area contributed by atoms with Gasteiger partial charge in [0, 0.05) is 17.2 Å². The van der Waals surface area contributed by atoms with Crippen molar-refractivity contribution in [1.82, 2.24) is 9.55 Å². The third kappa shape index (κ3) is 4.28. The van der Waals surface area contributed by atoms with Gasteiger partial charge in [-0.25, -0.2) is 4.98 Å². The summed E-state index contributed by atoms with van der Waals surface area (Å²) in [6, 6.07) is 8.80.